The molecule has 2 aliphatic heterocycles. The fraction of sp³-hybridized carbons (Fsp3) is 0.684. The summed E-state index contributed by atoms with van der Waals surface area (Å²) in [4.78, 5) is 1.54. The Morgan fingerprint density at radius 1 is 1.05 bits per heavy atom. The normalized spacial score (nSPS) is 36.5. The van der Waals surface area contributed by atoms with Crippen LogP contribution < -0.4 is 0 Å². The average molecular weight is 306 g/mol. The van der Waals surface area contributed by atoms with Crippen molar-refractivity contribution in [3.63, 3.8) is 0 Å². The highest BCUT2D eigenvalue weighted by molar-refractivity contribution is 7.98. The van der Waals surface area contributed by atoms with Gasteiger partial charge in [-0.1, -0.05) is 32.9 Å². The van der Waals surface area contributed by atoms with Gasteiger partial charge < -0.3 is 5.11 Å². The largest absolute Gasteiger partial charge is 0.390 e. The number of rotatable bonds is 1. The van der Waals surface area contributed by atoms with E-state index in [1.807, 2.05) is 6.92 Å². The maximum Gasteiger partial charge on any atom is 0.155 e. The number of aliphatic hydroxyl groups is 1. The summed E-state index contributed by atoms with van der Waals surface area (Å²) in [5, 5.41) is 11.9. The lowest BCUT2D eigenvalue weighted by atomic mass is 9.87. The van der Waals surface area contributed by atoms with Gasteiger partial charge in [-0.05, 0) is 49.3 Å². The van der Waals surface area contributed by atoms with Crippen LogP contribution in [0.1, 0.15) is 65.4 Å². The van der Waals surface area contributed by atoms with Gasteiger partial charge in [-0.2, -0.15) is 0 Å². The monoisotopic (exact) mass is 305 g/mol. The Balaban J connectivity index is 1.86. The first-order chi connectivity index (χ1) is 9.76. The van der Waals surface area contributed by atoms with Gasteiger partial charge in [-0.3, -0.25) is 0 Å². The third kappa shape index (κ3) is 3.17. The minimum Gasteiger partial charge on any atom is -0.390 e. The number of fused-ring (bicyclic) bond motifs is 2. The summed E-state index contributed by atoms with van der Waals surface area (Å²) in [6.07, 6.45) is 5.95. The van der Waals surface area contributed by atoms with Crippen molar-refractivity contribution in [1.82, 2.24) is 0 Å². The van der Waals surface area contributed by atoms with Crippen LogP contribution in [0, 0.1) is 0 Å². The quantitative estimate of drug-likeness (QED) is 0.761. The number of hydrogen-bond acceptors (Lipinski definition) is 1. The van der Waals surface area contributed by atoms with E-state index in [-0.39, 0.29) is 5.41 Å². The van der Waals surface area contributed by atoms with Crippen molar-refractivity contribution >= 4 is 10.9 Å². The third-order valence-corrected chi connectivity index (χ3v) is 8.16. The van der Waals surface area contributed by atoms with Gasteiger partial charge in [0.05, 0.1) is 5.60 Å². The van der Waals surface area contributed by atoms with E-state index >= 15 is 0 Å². The second kappa shape index (κ2) is 5.31. The highest BCUT2D eigenvalue weighted by Crippen LogP contribution is 2.45. The SMILES string of the molecule is CC1(O)CC2CCCC(C1)[S+]2c1ccc(C(C)(C)C)cc1. The Kier molecular flexibility index (Phi) is 3.90. The first kappa shape index (κ1) is 15.4. The van der Waals surface area contributed by atoms with Crippen molar-refractivity contribution in [1.29, 1.82) is 0 Å². The predicted octanol–water partition coefficient (Wildman–Crippen LogP) is 4.43. The zero-order valence-electron chi connectivity index (χ0n) is 13.9. The molecule has 21 heavy (non-hydrogen) atoms. The van der Waals surface area contributed by atoms with Crippen LogP contribution in [0.2, 0.25) is 0 Å². The Labute approximate surface area is 132 Å². The smallest absolute Gasteiger partial charge is 0.155 e. The molecule has 0 aromatic heterocycles. The van der Waals surface area contributed by atoms with E-state index in [9.17, 15) is 5.11 Å². The van der Waals surface area contributed by atoms with E-state index in [2.05, 4.69) is 45.0 Å². The summed E-state index contributed by atoms with van der Waals surface area (Å²) < 4.78 is 0. The van der Waals surface area contributed by atoms with Gasteiger partial charge in [0.15, 0.2) is 4.90 Å². The van der Waals surface area contributed by atoms with Gasteiger partial charge in [-0.15, -0.1) is 0 Å². The van der Waals surface area contributed by atoms with Crippen LogP contribution in [0.4, 0.5) is 0 Å². The summed E-state index contributed by atoms with van der Waals surface area (Å²) in [7, 11) is 0.355. The van der Waals surface area contributed by atoms with Crippen LogP contribution >= 0.6 is 0 Å². The van der Waals surface area contributed by atoms with E-state index in [1.54, 1.807) is 0 Å². The van der Waals surface area contributed by atoms with Gasteiger partial charge in [0.25, 0.3) is 0 Å². The summed E-state index contributed by atoms with van der Waals surface area (Å²) in [6, 6.07) is 9.39. The van der Waals surface area contributed by atoms with Gasteiger partial charge >= 0.3 is 0 Å². The predicted molar refractivity (Wildman–Crippen MR) is 92.1 cm³/mol. The molecule has 2 unspecified atom stereocenters. The fourth-order valence-electron chi connectivity index (χ4n) is 4.04. The molecule has 2 heterocycles. The van der Waals surface area contributed by atoms with Gasteiger partial charge in [0, 0.05) is 23.7 Å². The molecule has 0 radical (unpaired) electrons. The Morgan fingerprint density at radius 3 is 2.05 bits per heavy atom. The molecule has 2 bridgehead atoms. The zero-order chi connectivity index (χ0) is 15.3. The zero-order valence-corrected chi connectivity index (χ0v) is 14.7. The average Bonchev–Trinajstić information content (AvgIpc) is 2.36. The van der Waals surface area contributed by atoms with E-state index < -0.39 is 5.60 Å². The molecular formula is C19H29OS+. The molecule has 2 saturated heterocycles. The molecule has 1 aromatic carbocycles. The molecule has 2 heteroatoms. The molecule has 3 rings (SSSR count). The molecule has 1 aromatic rings. The topological polar surface area (TPSA) is 20.2 Å². The maximum absolute atomic E-state index is 10.5. The summed E-state index contributed by atoms with van der Waals surface area (Å²) in [5.41, 5.74) is 1.22. The molecule has 2 aliphatic rings. The molecule has 1 nitrogen and oxygen atoms in total. The number of hydrogen-bond donors (Lipinski definition) is 1. The first-order valence-corrected chi connectivity index (χ1v) is 9.66. The van der Waals surface area contributed by atoms with E-state index in [1.165, 1.54) is 29.7 Å². The molecule has 0 spiro atoms. The van der Waals surface area contributed by atoms with Crippen LogP contribution in [-0.2, 0) is 16.3 Å². The summed E-state index contributed by atoms with van der Waals surface area (Å²) in [5.74, 6) is 0. The first-order valence-electron chi connectivity index (χ1n) is 8.31. The van der Waals surface area contributed by atoms with Crippen LogP contribution in [-0.4, -0.2) is 21.2 Å². The molecule has 0 aliphatic carbocycles. The Morgan fingerprint density at radius 2 is 1.57 bits per heavy atom. The van der Waals surface area contributed by atoms with Crippen LogP contribution in [0.3, 0.4) is 0 Å². The summed E-state index contributed by atoms with van der Waals surface area (Å²) in [6.45, 7) is 8.87. The van der Waals surface area contributed by atoms with Crippen LogP contribution in [0.5, 0.6) is 0 Å². The summed E-state index contributed by atoms with van der Waals surface area (Å²) >= 11 is 0. The second-order valence-electron chi connectivity index (χ2n) is 8.23. The standard InChI is InChI=1S/C19H29OS/c1-18(2,3)14-8-10-15(11-9-14)21-16-6-5-7-17(21)13-19(4,20)12-16/h8-11,16-17,20H,5-7,12-13H2,1-4H3/q+1. The Bertz CT molecular complexity index is 481. The van der Waals surface area contributed by atoms with Crippen molar-refractivity contribution in [2.75, 3.05) is 0 Å². The molecule has 2 atom stereocenters. The third-order valence-electron chi connectivity index (χ3n) is 5.10. The van der Waals surface area contributed by atoms with Crippen molar-refractivity contribution in [2.24, 2.45) is 0 Å². The molecule has 0 amide bonds. The van der Waals surface area contributed by atoms with Gasteiger partial charge in [0.2, 0.25) is 0 Å². The maximum atomic E-state index is 10.5. The number of benzene rings is 1. The van der Waals surface area contributed by atoms with Crippen molar-refractivity contribution < 1.29 is 5.11 Å². The highest BCUT2D eigenvalue weighted by Gasteiger charge is 2.52. The van der Waals surface area contributed by atoms with Crippen molar-refractivity contribution in [3.05, 3.63) is 29.8 Å². The lowest BCUT2D eigenvalue weighted by Crippen LogP contribution is -2.50. The Hall–Kier alpha value is -0.470. The van der Waals surface area contributed by atoms with Crippen LogP contribution in [0.25, 0.3) is 0 Å². The highest BCUT2D eigenvalue weighted by atomic mass is 32.2. The van der Waals surface area contributed by atoms with E-state index in [4.69, 9.17) is 0 Å². The van der Waals surface area contributed by atoms with Crippen molar-refractivity contribution in [3.8, 4) is 0 Å². The van der Waals surface area contributed by atoms with Gasteiger partial charge in [0.1, 0.15) is 10.5 Å². The minimum atomic E-state index is -0.426. The lowest BCUT2D eigenvalue weighted by molar-refractivity contribution is 0.0301. The molecule has 1 N–H and O–H groups in total. The van der Waals surface area contributed by atoms with Crippen LogP contribution in [0.15, 0.2) is 29.2 Å². The second-order valence-corrected chi connectivity index (χ2v) is 10.8. The minimum absolute atomic E-state index is 0.230. The van der Waals surface area contributed by atoms with E-state index in [0.717, 1.165) is 12.8 Å². The fourth-order valence-corrected chi connectivity index (χ4v) is 7.73. The van der Waals surface area contributed by atoms with Crippen molar-refractivity contribution in [2.45, 2.75) is 86.2 Å². The molecule has 0 saturated carbocycles. The molecular weight excluding hydrogens is 276 g/mol. The molecule has 116 valence electrons. The van der Waals surface area contributed by atoms with E-state index in [0.29, 0.717) is 21.4 Å². The lowest BCUT2D eigenvalue weighted by Gasteiger charge is -2.41. The molecule has 2 fully saturated rings. The van der Waals surface area contributed by atoms with Gasteiger partial charge in [-0.25, -0.2) is 0 Å².